The highest BCUT2D eigenvalue weighted by Crippen LogP contribution is 2.40. The van der Waals surface area contributed by atoms with Crippen LogP contribution in [0.2, 0.25) is 0 Å². The van der Waals surface area contributed by atoms with Gasteiger partial charge in [-0.15, -0.1) is 0 Å². The molecule has 4 aromatic rings. The first-order valence-corrected chi connectivity index (χ1v) is 12.4. The Bertz CT molecular complexity index is 1320. The molecule has 0 bridgehead atoms. The minimum atomic E-state index is -0.0765. The molecule has 4 heteroatoms. The molecule has 1 atom stereocenters. The van der Waals surface area contributed by atoms with Crippen molar-refractivity contribution in [1.29, 1.82) is 0 Å². The summed E-state index contributed by atoms with van der Waals surface area (Å²) in [5.41, 5.74) is 6.96. The van der Waals surface area contributed by atoms with Crippen molar-refractivity contribution >= 4 is 5.91 Å². The summed E-state index contributed by atoms with van der Waals surface area (Å²) in [6, 6.07) is 33.1. The van der Waals surface area contributed by atoms with E-state index in [0.29, 0.717) is 18.7 Å². The largest absolute Gasteiger partial charge is 0.493 e. The van der Waals surface area contributed by atoms with E-state index in [1.165, 1.54) is 22.3 Å². The maximum absolute atomic E-state index is 13.6. The van der Waals surface area contributed by atoms with Gasteiger partial charge >= 0.3 is 0 Å². The molecule has 1 heterocycles. The summed E-state index contributed by atoms with van der Waals surface area (Å²) in [5, 5.41) is 0. The molecule has 5 rings (SSSR count). The van der Waals surface area contributed by atoms with E-state index in [4.69, 9.17) is 9.47 Å². The Kier molecular flexibility index (Phi) is 7.03. The van der Waals surface area contributed by atoms with E-state index in [9.17, 15) is 4.79 Å². The molecule has 1 aliphatic rings. The van der Waals surface area contributed by atoms with Crippen LogP contribution >= 0.6 is 0 Å². The quantitative estimate of drug-likeness (QED) is 0.314. The fourth-order valence-electron chi connectivity index (χ4n) is 5.11. The third-order valence-electron chi connectivity index (χ3n) is 7.01. The van der Waals surface area contributed by atoms with E-state index >= 15 is 0 Å². The number of carbonyl (C=O) groups excluding carboxylic acids is 1. The van der Waals surface area contributed by atoms with Gasteiger partial charge in [-0.25, -0.2) is 0 Å². The first-order chi connectivity index (χ1) is 17.7. The fraction of sp³-hybridized carbons (Fsp3) is 0.219. The fourth-order valence-corrected chi connectivity index (χ4v) is 5.11. The van der Waals surface area contributed by atoms with Crippen molar-refractivity contribution in [2.75, 3.05) is 20.8 Å². The lowest BCUT2D eigenvalue weighted by atomic mass is 9.87. The molecule has 1 amide bonds. The lowest BCUT2D eigenvalue weighted by molar-refractivity contribution is -0.133. The van der Waals surface area contributed by atoms with Crippen LogP contribution in [0.25, 0.3) is 11.1 Å². The van der Waals surface area contributed by atoms with E-state index in [-0.39, 0.29) is 11.9 Å². The first-order valence-electron chi connectivity index (χ1n) is 12.4. The summed E-state index contributed by atoms with van der Waals surface area (Å²) in [4.78, 5) is 15.6. The molecule has 1 aliphatic heterocycles. The summed E-state index contributed by atoms with van der Waals surface area (Å²) >= 11 is 0. The number of benzene rings is 4. The molecule has 4 aromatic carbocycles. The van der Waals surface area contributed by atoms with Crippen LogP contribution in [-0.4, -0.2) is 31.6 Å². The van der Waals surface area contributed by atoms with Crippen molar-refractivity contribution in [3.8, 4) is 22.6 Å². The Morgan fingerprint density at radius 1 is 0.778 bits per heavy atom. The zero-order valence-corrected chi connectivity index (χ0v) is 20.8. The average Bonchev–Trinajstić information content (AvgIpc) is 2.93. The third kappa shape index (κ3) is 4.99. The van der Waals surface area contributed by atoms with Gasteiger partial charge in [0.1, 0.15) is 0 Å². The second-order valence-electron chi connectivity index (χ2n) is 9.19. The molecular weight excluding hydrogens is 446 g/mol. The number of fused-ring (bicyclic) bond motifs is 1. The lowest BCUT2D eigenvalue weighted by Gasteiger charge is -2.38. The standard InChI is InChI=1S/C32H31NO3/c1-35-30-21-27-17-18-33(32(34)20-23-9-5-3-6-10-23)29(28(27)22-31(30)36-2)19-24-13-15-26(16-14-24)25-11-7-4-8-12-25/h3-16,21-22,29H,17-20H2,1-2H3. The maximum Gasteiger partial charge on any atom is 0.227 e. The third-order valence-corrected chi connectivity index (χ3v) is 7.01. The average molecular weight is 478 g/mol. The smallest absolute Gasteiger partial charge is 0.227 e. The summed E-state index contributed by atoms with van der Waals surface area (Å²) in [6.07, 6.45) is 1.92. The number of amides is 1. The molecule has 36 heavy (non-hydrogen) atoms. The Hall–Kier alpha value is -4.05. The van der Waals surface area contributed by atoms with Gasteiger partial charge < -0.3 is 14.4 Å². The molecule has 0 spiro atoms. The van der Waals surface area contributed by atoms with Crippen LogP contribution in [0.1, 0.15) is 28.3 Å². The van der Waals surface area contributed by atoms with E-state index in [2.05, 4.69) is 60.7 Å². The number of carbonyl (C=O) groups is 1. The molecule has 0 fully saturated rings. The maximum atomic E-state index is 13.6. The number of nitrogens with zero attached hydrogens (tertiary/aromatic N) is 1. The molecule has 0 aromatic heterocycles. The van der Waals surface area contributed by atoms with Gasteiger partial charge in [-0.05, 0) is 58.4 Å². The topological polar surface area (TPSA) is 38.8 Å². The van der Waals surface area contributed by atoms with Gasteiger partial charge in [-0.1, -0.05) is 84.9 Å². The summed E-state index contributed by atoms with van der Waals surface area (Å²) in [5.74, 6) is 1.57. The van der Waals surface area contributed by atoms with E-state index in [0.717, 1.165) is 29.7 Å². The first kappa shape index (κ1) is 23.7. The van der Waals surface area contributed by atoms with Crippen LogP contribution in [0.5, 0.6) is 11.5 Å². The van der Waals surface area contributed by atoms with Gasteiger partial charge in [0, 0.05) is 6.54 Å². The summed E-state index contributed by atoms with van der Waals surface area (Å²) in [6.45, 7) is 0.681. The van der Waals surface area contributed by atoms with Gasteiger partial charge in [0.15, 0.2) is 11.5 Å². The van der Waals surface area contributed by atoms with Crippen LogP contribution in [0.3, 0.4) is 0 Å². The molecular formula is C32H31NO3. The number of rotatable bonds is 7. The monoisotopic (exact) mass is 477 g/mol. The van der Waals surface area contributed by atoms with Gasteiger partial charge in [0.25, 0.3) is 0 Å². The molecule has 0 radical (unpaired) electrons. The summed E-state index contributed by atoms with van der Waals surface area (Å²) < 4.78 is 11.2. The molecule has 182 valence electrons. The normalized spacial score (nSPS) is 14.7. The Morgan fingerprint density at radius 3 is 2.06 bits per heavy atom. The molecule has 1 unspecified atom stereocenters. The second kappa shape index (κ2) is 10.7. The zero-order chi connectivity index (χ0) is 24.9. The van der Waals surface area contributed by atoms with E-state index in [1.807, 2.05) is 41.3 Å². The number of hydrogen-bond acceptors (Lipinski definition) is 3. The number of hydrogen-bond donors (Lipinski definition) is 0. The minimum absolute atomic E-state index is 0.0765. The van der Waals surface area contributed by atoms with Crippen LogP contribution in [0, 0.1) is 0 Å². The van der Waals surface area contributed by atoms with Crippen LogP contribution < -0.4 is 9.47 Å². The lowest BCUT2D eigenvalue weighted by Crippen LogP contribution is -2.41. The molecule has 4 nitrogen and oxygen atoms in total. The molecule has 0 saturated carbocycles. The highest BCUT2D eigenvalue weighted by molar-refractivity contribution is 5.80. The van der Waals surface area contributed by atoms with Crippen LogP contribution in [0.4, 0.5) is 0 Å². The SMILES string of the molecule is COc1cc2c(cc1OC)C(Cc1ccc(-c3ccccc3)cc1)N(C(=O)Cc1ccccc1)CC2. The minimum Gasteiger partial charge on any atom is -0.493 e. The molecule has 0 aliphatic carbocycles. The number of ether oxygens (including phenoxy) is 2. The Labute approximate surface area is 213 Å². The van der Waals surface area contributed by atoms with Crippen molar-refractivity contribution in [2.24, 2.45) is 0 Å². The summed E-state index contributed by atoms with van der Waals surface area (Å²) in [7, 11) is 3.32. The van der Waals surface area contributed by atoms with Crippen molar-refractivity contribution < 1.29 is 14.3 Å². The highest BCUT2D eigenvalue weighted by atomic mass is 16.5. The van der Waals surface area contributed by atoms with Crippen molar-refractivity contribution in [3.05, 3.63) is 119 Å². The van der Waals surface area contributed by atoms with Crippen molar-refractivity contribution in [2.45, 2.75) is 25.3 Å². The van der Waals surface area contributed by atoms with E-state index < -0.39 is 0 Å². The van der Waals surface area contributed by atoms with Gasteiger partial charge in [-0.3, -0.25) is 4.79 Å². The zero-order valence-electron chi connectivity index (χ0n) is 20.8. The Morgan fingerprint density at radius 2 is 1.39 bits per heavy atom. The van der Waals surface area contributed by atoms with Crippen molar-refractivity contribution in [1.82, 2.24) is 4.90 Å². The highest BCUT2D eigenvalue weighted by Gasteiger charge is 2.32. The van der Waals surface area contributed by atoms with Crippen LogP contribution in [-0.2, 0) is 24.1 Å². The Balaban J connectivity index is 1.48. The molecule has 0 saturated heterocycles. The predicted octanol–water partition coefficient (Wildman–Crippen LogP) is 6.28. The van der Waals surface area contributed by atoms with Crippen LogP contribution in [0.15, 0.2) is 97.1 Å². The van der Waals surface area contributed by atoms with E-state index in [1.54, 1.807) is 14.2 Å². The van der Waals surface area contributed by atoms with Gasteiger partial charge in [0.2, 0.25) is 5.91 Å². The second-order valence-corrected chi connectivity index (χ2v) is 9.19. The molecule has 0 N–H and O–H groups in total. The predicted molar refractivity (Wildman–Crippen MR) is 143 cm³/mol. The van der Waals surface area contributed by atoms with Gasteiger partial charge in [0.05, 0.1) is 26.7 Å². The van der Waals surface area contributed by atoms with Gasteiger partial charge in [-0.2, -0.15) is 0 Å². The number of methoxy groups -OCH3 is 2. The van der Waals surface area contributed by atoms with Crippen molar-refractivity contribution in [3.63, 3.8) is 0 Å².